The van der Waals surface area contributed by atoms with Gasteiger partial charge in [0.05, 0.1) is 9.35 Å². The normalized spacial score (nSPS) is 10.3. The molecule has 0 atom stereocenters. The van der Waals surface area contributed by atoms with Crippen LogP contribution < -0.4 is 5.32 Å². The van der Waals surface area contributed by atoms with E-state index in [-0.39, 0.29) is 5.91 Å². The Kier molecular flexibility index (Phi) is 3.59. The third kappa shape index (κ3) is 2.73. The number of nitrogens with one attached hydrogen (secondary N) is 1. The third-order valence-corrected chi connectivity index (χ3v) is 3.74. The maximum absolute atomic E-state index is 13.4. The van der Waals surface area contributed by atoms with Crippen molar-refractivity contribution >= 4 is 38.9 Å². The molecule has 0 saturated carbocycles. The molecule has 0 saturated heterocycles. The van der Waals surface area contributed by atoms with Gasteiger partial charge in [-0.25, -0.2) is 4.39 Å². The maximum atomic E-state index is 13.4. The predicted octanol–water partition coefficient (Wildman–Crippen LogP) is 4.21. The number of rotatable bonds is 2. The Labute approximate surface area is 111 Å². The van der Waals surface area contributed by atoms with Crippen molar-refractivity contribution in [2.24, 2.45) is 0 Å². The number of hydrogen-bond acceptors (Lipinski definition) is 2. The van der Waals surface area contributed by atoms with Crippen LogP contribution in [0.15, 0.2) is 34.1 Å². The molecule has 2 nitrogen and oxygen atoms in total. The average molecular weight is 314 g/mol. The Morgan fingerprint density at radius 3 is 2.88 bits per heavy atom. The quantitative estimate of drug-likeness (QED) is 0.884. The van der Waals surface area contributed by atoms with E-state index in [1.165, 1.54) is 17.4 Å². The highest BCUT2D eigenvalue weighted by Gasteiger charge is 2.10. The smallest absolute Gasteiger partial charge is 0.265 e. The summed E-state index contributed by atoms with van der Waals surface area (Å²) >= 11 is 4.45. The molecule has 1 amide bonds. The van der Waals surface area contributed by atoms with Crippen LogP contribution in [0.5, 0.6) is 0 Å². The van der Waals surface area contributed by atoms with Crippen LogP contribution in [0.1, 0.15) is 15.2 Å². The summed E-state index contributed by atoms with van der Waals surface area (Å²) in [6.07, 6.45) is 0. The van der Waals surface area contributed by atoms with Gasteiger partial charge < -0.3 is 5.32 Å². The van der Waals surface area contributed by atoms with Crippen molar-refractivity contribution < 1.29 is 9.18 Å². The topological polar surface area (TPSA) is 29.1 Å². The largest absolute Gasteiger partial charge is 0.321 e. The molecule has 0 aliphatic rings. The molecule has 0 radical (unpaired) electrons. The minimum atomic E-state index is -0.392. The van der Waals surface area contributed by atoms with E-state index in [1.54, 1.807) is 18.2 Å². The molecule has 2 rings (SSSR count). The van der Waals surface area contributed by atoms with Gasteiger partial charge in [-0.3, -0.25) is 4.79 Å². The number of carbonyl (C=O) groups is 1. The molecular formula is C12H9BrFNOS. The monoisotopic (exact) mass is 313 g/mol. The Balaban J connectivity index is 2.25. The van der Waals surface area contributed by atoms with Gasteiger partial charge in [-0.1, -0.05) is 6.07 Å². The van der Waals surface area contributed by atoms with Crippen LogP contribution >= 0.6 is 27.3 Å². The zero-order valence-corrected chi connectivity index (χ0v) is 11.4. The molecule has 1 N–H and O–H groups in total. The number of hydrogen-bond donors (Lipinski definition) is 1. The third-order valence-electron chi connectivity index (χ3n) is 2.26. The van der Waals surface area contributed by atoms with E-state index < -0.39 is 5.82 Å². The van der Waals surface area contributed by atoms with Gasteiger partial charge in [-0.2, -0.15) is 0 Å². The number of benzene rings is 1. The van der Waals surface area contributed by atoms with E-state index in [9.17, 15) is 9.18 Å². The summed E-state index contributed by atoms with van der Waals surface area (Å²) in [5, 5.41) is 4.51. The molecule has 5 heteroatoms. The van der Waals surface area contributed by atoms with Gasteiger partial charge >= 0.3 is 0 Å². The van der Waals surface area contributed by atoms with Crippen molar-refractivity contribution in [3.05, 3.63) is 50.4 Å². The number of halogens is 2. The molecule has 0 unspecified atom stereocenters. The van der Waals surface area contributed by atoms with Gasteiger partial charge in [0.15, 0.2) is 0 Å². The van der Waals surface area contributed by atoms with E-state index >= 15 is 0 Å². The van der Waals surface area contributed by atoms with Crippen LogP contribution in [0.3, 0.4) is 0 Å². The summed E-state index contributed by atoms with van der Waals surface area (Å²) in [5.74, 6) is -0.609. The standard InChI is InChI=1S/C12H9BrFNOS/c1-7-5-8(13)9(14)6-10(7)15-12(16)11-3-2-4-17-11/h2-6H,1H3,(H,15,16). The lowest BCUT2D eigenvalue weighted by atomic mass is 10.2. The van der Waals surface area contributed by atoms with Crippen molar-refractivity contribution in [3.8, 4) is 0 Å². The van der Waals surface area contributed by atoms with Crippen LogP contribution in [0.2, 0.25) is 0 Å². The lowest BCUT2D eigenvalue weighted by Gasteiger charge is -2.08. The predicted molar refractivity (Wildman–Crippen MR) is 71.1 cm³/mol. The Morgan fingerprint density at radius 2 is 2.24 bits per heavy atom. The molecule has 1 aromatic carbocycles. The van der Waals surface area contributed by atoms with E-state index in [2.05, 4.69) is 21.2 Å². The first-order valence-electron chi connectivity index (χ1n) is 4.88. The maximum Gasteiger partial charge on any atom is 0.265 e. The molecule has 88 valence electrons. The van der Waals surface area contributed by atoms with Crippen molar-refractivity contribution in [2.45, 2.75) is 6.92 Å². The van der Waals surface area contributed by atoms with Crippen LogP contribution in [-0.2, 0) is 0 Å². The average Bonchev–Trinajstić information content (AvgIpc) is 2.79. The zero-order chi connectivity index (χ0) is 12.4. The van der Waals surface area contributed by atoms with Gasteiger partial charge in [0.25, 0.3) is 5.91 Å². The van der Waals surface area contributed by atoms with Gasteiger partial charge in [0.2, 0.25) is 0 Å². The van der Waals surface area contributed by atoms with Crippen LogP contribution in [0.4, 0.5) is 10.1 Å². The second-order valence-corrected chi connectivity index (χ2v) is 5.31. The lowest BCUT2D eigenvalue weighted by molar-refractivity contribution is 0.103. The minimum Gasteiger partial charge on any atom is -0.321 e. The van der Waals surface area contributed by atoms with Crippen LogP contribution in [0, 0.1) is 12.7 Å². The number of carbonyl (C=O) groups excluding carboxylic acids is 1. The van der Waals surface area contributed by atoms with Crippen molar-refractivity contribution in [2.75, 3.05) is 5.32 Å². The van der Waals surface area contributed by atoms with Gasteiger partial charge in [0.1, 0.15) is 5.82 Å². The zero-order valence-electron chi connectivity index (χ0n) is 8.96. The Hall–Kier alpha value is -1.20. The van der Waals surface area contributed by atoms with Gasteiger partial charge in [-0.15, -0.1) is 11.3 Å². The van der Waals surface area contributed by atoms with E-state index in [0.29, 0.717) is 15.0 Å². The fourth-order valence-corrected chi connectivity index (χ4v) is 2.45. The lowest BCUT2D eigenvalue weighted by Crippen LogP contribution is -2.11. The first-order chi connectivity index (χ1) is 8.08. The summed E-state index contributed by atoms with van der Waals surface area (Å²) in [4.78, 5) is 12.4. The fourth-order valence-electron chi connectivity index (χ4n) is 1.37. The number of anilines is 1. The second kappa shape index (κ2) is 4.98. The molecule has 17 heavy (non-hydrogen) atoms. The first-order valence-corrected chi connectivity index (χ1v) is 6.55. The van der Waals surface area contributed by atoms with Gasteiger partial charge in [-0.05, 0) is 52.0 Å². The summed E-state index contributed by atoms with van der Waals surface area (Å²) in [6, 6.07) is 6.48. The van der Waals surface area contributed by atoms with Crippen molar-refractivity contribution in [3.63, 3.8) is 0 Å². The molecule has 0 aliphatic carbocycles. The van der Waals surface area contributed by atoms with Crippen molar-refractivity contribution in [1.29, 1.82) is 0 Å². The minimum absolute atomic E-state index is 0.218. The summed E-state index contributed by atoms with van der Waals surface area (Å²) in [7, 11) is 0. The van der Waals surface area contributed by atoms with Gasteiger partial charge in [0, 0.05) is 5.69 Å². The molecule has 1 heterocycles. The molecule has 0 fully saturated rings. The molecule has 1 aromatic heterocycles. The van der Waals surface area contributed by atoms with E-state index in [1.807, 2.05) is 12.3 Å². The SMILES string of the molecule is Cc1cc(Br)c(F)cc1NC(=O)c1cccs1. The van der Waals surface area contributed by atoms with Crippen LogP contribution in [0.25, 0.3) is 0 Å². The van der Waals surface area contributed by atoms with Crippen molar-refractivity contribution in [1.82, 2.24) is 0 Å². The molecular weight excluding hydrogens is 305 g/mol. The Bertz CT molecular complexity index is 554. The van der Waals surface area contributed by atoms with E-state index in [0.717, 1.165) is 5.56 Å². The second-order valence-electron chi connectivity index (χ2n) is 3.51. The highest BCUT2D eigenvalue weighted by molar-refractivity contribution is 9.10. The Morgan fingerprint density at radius 1 is 1.47 bits per heavy atom. The molecule has 0 spiro atoms. The number of amides is 1. The van der Waals surface area contributed by atoms with Crippen LogP contribution in [-0.4, -0.2) is 5.91 Å². The van der Waals surface area contributed by atoms with E-state index in [4.69, 9.17) is 0 Å². The fraction of sp³-hybridized carbons (Fsp3) is 0.0833. The highest BCUT2D eigenvalue weighted by atomic mass is 79.9. The highest BCUT2D eigenvalue weighted by Crippen LogP contribution is 2.24. The summed E-state index contributed by atoms with van der Waals surface area (Å²) in [5.41, 5.74) is 1.30. The first kappa shape index (κ1) is 12.3. The molecule has 0 aliphatic heterocycles. The summed E-state index contributed by atoms with van der Waals surface area (Å²) in [6.45, 7) is 1.81. The summed E-state index contributed by atoms with van der Waals surface area (Å²) < 4.78 is 13.7. The molecule has 2 aromatic rings. The number of aryl methyl sites for hydroxylation is 1. The number of thiophene rings is 1. The molecule has 0 bridgehead atoms.